The minimum atomic E-state index is -4.14. The first kappa shape index (κ1) is 14.6. The van der Waals surface area contributed by atoms with Crippen molar-refractivity contribution in [3.8, 4) is 0 Å². The molecule has 1 aromatic rings. The van der Waals surface area contributed by atoms with Crippen LogP contribution in [0.3, 0.4) is 0 Å². The first-order valence-electron chi connectivity index (χ1n) is 6.42. The molecule has 0 aromatic carbocycles. The van der Waals surface area contributed by atoms with E-state index in [1.807, 2.05) is 0 Å². The van der Waals surface area contributed by atoms with Crippen LogP contribution in [0.2, 0.25) is 0 Å². The first-order chi connectivity index (χ1) is 9.36. The summed E-state index contributed by atoms with van der Waals surface area (Å²) in [5.74, 6) is -1.64. The van der Waals surface area contributed by atoms with Crippen molar-refractivity contribution in [3.05, 3.63) is 34.2 Å². The predicted octanol–water partition coefficient (Wildman–Crippen LogP) is 2.23. The van der Waals surface area contributed by atoms with Gasteiger partial charge in [0.1, 0.15) is 0 Å². The van der Waals surface area contributed by atoms with E-state index >= 15 is 0 Å². The van der Waals surface area contributed by atoms with Crippen molar-refractivity contribution < 1.29 is 18.0 Å². The Kier molecular flexibility index (Phi) is 4.15. The van der Waals surface area contributed by atoms with Gasteiger partial charge in [-0.15, -0.1) is 0 Å². The Morgan fingerprint density at radius 2 is 1.85 bits per heavy atom. The second kappa shape index (κ2) is 5.68. The Hall–Kier alpha value is -1.79. The van der Waals surface area contributed by atoms with E-state index in [0.29, 0.717) is 18.4 Å². The molecule has 1 amide bonds. The number of hydrogen-bond acceptors (Lipinski definition) is 2. The molecule has 2 rings (SSSR count). The highest BCUT2D eigenvalue weighted by Crippen LogP contribution is 2.37. The molecular weight excluding hydrogens is 273 g/mol. The summed E-state index contributed by atoms with van der Waals surface area (Å²) in [5.41, 5.74) is -0.0187. The molecule has 1 aliphatic carbocycles. The van der Waals surface area contributed by atoms with Crippen LogP contribution in [0.5, 0.6) is 0 Å². The molecule has 1 fully saturated rings. The lowest BCUT2D eigenvalue weighted by Crippen LogP contribution is -2.40. The van der Waals surface area contributed by atoms with Crippen LogP contribution < -0.4 is 10.9 Å². The number of carbonyl (C=O) groups excluding carboxylic acids is 1. The third-order valence-electron chi connectivity index (χ3n) is 3.57. The van der Waals surface area contributed by atoms with Crippen molar-refractivity contribution in [2.45, 2.75) is 37.9 Å². The lowest BCUT2D eigenvalue weighted by Gasteiger charge is -2.30. The lowest BCUT2D eigenvalue weighted by atomic mass is 9.85. The Balaban J connectivity index is 1.88. The van der Waals surface area contributed by atoms with Crippen molar-refractivity contribution >= 4 is 5.91 Å². The Bertz CT molecular complexity index is 511. The average molecular weight is 288 g/mol. The molecule has 110 valence electrons. The fourth-order valence-electron chi connectivity index (χ4n) is 2.39. The number of alkyl halides is 3. The van der Waals surface area contributed by atoms with Gasteiger partial charge in [0.2, 0.25) is 5.56 Å². The Morgan fingerprint density at radius 1 is 1.20 bits per heavy atom. The van der Waals surface area contributed by atoms with Gasteiger partial charge in [-0.2, -0.15) is 13.2 Å². The summed E-state index contributed by atoms with van der Waals surface area (Å²) in [6, 6.07) is 2.37. The minimum Gasteiger partial charge on any atom is -0.349 e. The van der Waals surface area contributed by atoms with Gasteiger partial charge in [-0.3, -0.25) is 9.59 Å². The third-order valence-corrected chi connectivity index (χ3v) is 3.57. The standard InChI is InChI=1S/C13H15F3N2O2/c14-13(15,16)9-2-4-10(5-3-9)18-12(20)8-1-6-11(19)17-7-8/h1,6-7,9-10H,2-5H2,(H,17,19)(H,18,20). The quantitative estimate of drug-likeness (QED) is 0.876. The largest absolute Gasteiger partial charge is 0.391 e. The highest BCUT2D eigenvalue weighted by molar-refractivity contribution is 5.93. The number of halogens is 3. The molecule has 20 heavy (non-hydrogen) atoms. The Labute approximate surface area is 113 Å². The highest BCUT2D eigenvalue weighted by atomic mass is 19.4. The van der Waals surface area contributed by atoms with Gasteiger partial charge in [-0.05, 0) is 31.7 Å². The molecule has 0 spiro atoms. The number of pyridine rings is 1. The van der Waals surface area contributed by atoms with Gasteiger partial charge in [-0.25, -0.2) is 0 Å². The molecule has 0 atom stereocenters. The summed E-state index contributed by atoms with van der Waals surface area (Å²) in [6.45, 7) is 0. The molecule has 4 nitrogen and oxygen atoms in total. The number of aromatic amines is 1. The van der Waals surface area contributed by atoms with Crippen molar-refractivity contribution in [3.63, 3.8) is 0 Å². The average Bonchev–Trinajstić information content (AvgIpc) is 2.39. The van der Waals surface area contributed by atoms with Gasteiger partial charge in [0.15, 0.2) is 0 Å². The van der Waals surface area contributed by atoms with Crippen molar-refractivity contribution in [2.75, 3.05) is 0 Å². The van der Waals surface area contributed by atoms with Gasteiger partial charge in [0, 0.05) is 18.3 Å². The summed E-state index contributed by atoms with van der Waals surface area (Å²) in [7, 11) is 0. The molecule has 1 saturated carbocycles. The number of aromatic nitrogens is 1. The summed E-state index contributed by atoms with van der Waals surface area (Å²) >= 11 is 0. The van der Waals surface area contributed by atoms with Crippen molar-refractivity contribution in [1.29, 1.82) is 0 Å². The maximum atomic E-state index is 12.5. The molecule has 0 radical (unpaired) electrons. The van der Waals surface area contributed by atoms with E-state index in [0.717, 1.165) is 0 Å². The molecule has 1 heterocycles. The minimum absolute atomic E-state index is 0.0417. The molecule has 0 saturated heterocycles. The number of H-pyrrole nitrogens is 1. The van der Waals surface area contributed by atoms with Crippen LogP contribution >= 0.6 is 0 Å². The number of rotatable bonds is 2. The van der Waals surface area contributed by atoms with Crippen LogP contribution in [0, 0.1) is 5.92 Å². The number of nitrogens with one attached hydrogen (secondary N) is 2. The van der Waals surface area contributed by atoms with Crippen LogP contribution in [0.4, 0.5) is 13.2 Å². The zero-order valence-electron chi connectivity index (χ0n) is 10.7. The SMILES string of the molecule is O=C(NC1CCC(C(F)(F)F)CC1)c1ccc(=O)[nH]c1. The van der Waals surface area contributed by atoms with E-state index in [1.165, 1.54) is 18.3 Å². The highest BCUT2D eigenvalue weighted by Gasteiger charge is 2.41. The second-order valence-corrected chi connectivity index (χ2v) is 5.01. The van der Waals surface area contributed by atoms with Crippen LogP contribution in [0.1, 0.15) is 36.0 Å². The van der Waals surface area contributed by atoms with Gasteiger partial charge < -0.3 is 10.3 Å². The molecule has 0 aliphatic heterocycles. The molecule has 7 heteroatoms. The summed E-state index contributed by atoms with van der Waals surface area (Å²) in [5, 5.41) is 2.70. The van der Waals surface area contributed by atoms with E-state index in [1.54, 1.807) is 0 Å². The number of amides is 1. The van der Waals surface area contributed by atoms with E-state index in [4.69, 9.17) is 0 Å². The predicted molar refractivity (Wildman–Crippen MR) is 66.3 cm³/mol. The monoisotopic (exact) mass is 288 g/mol. The van der Waals surface area contributed by atoms with E-state index in [9.17, 15) is 22.8 Å². The van der Waals surface area contributed by atoms with Gasteiger partial charge in [0.05, 0.1) is 11.5 Å². The summed E-state index contributed by atoms with van der Waals surface area (Å²) < 4.78 is 37.5. The molecule has 1 aromatic heterocycles. The number of carbonyl (C=O) groups is 1. The van der Waals surface area contributed by atoms with Crippen LogP contribution in [0.15, 0.2) is 23.1 Å². The van der Waals surface area contributed by atoms with E-state index < -0.39 is 12.1 Å². The second-order valence-electron chi connectivity index (χ2n) is 5.01. The fourth-order valence-corrected chi connectivity index (χ4v) is 2.39. The van der Waals surface area contributed by atoms with E-state index in [2.05, 4.69) is 10.3 Å². The molecule has 0 unspecified atom stereocenters. The Morgan fingerprint density at radius 3 is 2.35 bits per heavy atom. The fraction of sp³-hybridized carbons (Fsp3) is 0.538. The maximum Gasteiger partial charge on any atom is 0.391 e. The topological polar surface area (TPSA) is 62.0 Å². The van der Waals surface area contributed by atoms with Gasteiger partial charge in [0.25, 0.3) is 5.91 Å². The van der Waals surface area contributed by atoms with Crippen LogP contribution in [-0.4, -0.2) is 23.1 Å². The summed E-state index contributed by atoms with van der Waals surface area (Å²) in [6.07, 6.45) is -2.13. The van der Waals surface area contributed by atoms with Gasteiger partial charge >= 0.3 is 6.18 Å². The lowest BCUT2D eigenvalue weighted by molar-refractivity contribution is -0.182. The van der Waals surface area contributed by atoms with Gasteiger partial charge in [-0.1, -0.05) is 0 Å². The zero-order valence-corrected chi connectivity index (χ0v) is 10.7. The summed E-state index contributed by atoms with van der Waals surface area (Å²) in [4.78, 5) is 25.1. The first-order valence-corrected chi connectivity index (χ1v) is 6.42. The molecule has 2 N–H and O–H groups in total. The molecule has 0 bridgehead atoms. The van der Waals surface area contributed by atoms with Crippen LogP contribution in [0.25, 0.3) is 0 Å². The third kappa shape index (κ3) is 3.61. The van der Waals surface area contributed by atoms with Crippen molar-refractivity contribution in [1.82, 2.24) is 10.3 Å². The maximum absolute atomic E-state index is 12.5. The smallest absolute Gasteiger partial charge is 0.349 e. The normalized spacial score (nSPS) is 23.4. The van der Waals surface area contributed by atoms with Crippen LogP contribution in [-0.2, 0) is 0 Å². The van der Waals surface area contributed by atoms with Crippen molar-refractivity contribution in [2.24, 2.45) is 5.92 Å². The van der Waals surface area contributed by atoms with E-state index in [-0.39, 0.29) is 30.3 Å². The molecular formula is C13H15F3N2O2. The number of hydrogen-bond donors (Lipinski definition) is 2. The zero-order chi connectivity index (χ0) is 14.8. The molecule has 1 aliphatic rings.